The third-order valence-electron chi connectivity index (χ3n) is 4.13. The molecule has 0 fully saturated rings. The summed E-state index contributed by atoms with van der Waals surface area (Å²) in [4.78, 5) is 6.92. The van der Waals surface area contributed by atoms with Gasteiger partial charge in [0.25, 0.3) is 0 Å². The Labute approximate surface area is 152 Å². The third kappa shape index (κ3) is 4.93. The van der Waals surface area contributed by atoms with Crippen LogP contribution in [-0.4, -0.2) is 12.9 Å². The molecule has 2 nitrogen and oxygen atoms in total. The molecule has 0 aliphatic heterocycles. The summed E-state index contributed by atoms with van der Waals surface area (Å²) in [7, 11) is 1.87. The summed E-state index contributed by atoms with van der Waals surface area (Å²) >= 11 is 0. The predicted molar refractivity (Wildman–Crippen MR) is 111 cm³/mol. The molecule has 2 aromatic rings. The van der Waals surface area contributed by atoms with E-state index >= 15 is 0 Å². The highest BCUT2D eigenvalue weighted by atomic mass is 15.2. The zero-order chi connectivity index (χ0) is 18.1. The van der Waals surface area contributed by atoms with Gasteiger partial charge in [0.1, 0.15) is 5.84 Å². The Hall–Kier alpha value is -2.61. The third-order valence-corrected chi connectivity index (χ3v) is 4.13. The van der Waals surface area contributed by atoms with Crippen LogP contribution in [0.25, 0.3) is 0 Å². The lowest BCUT2D eigenvalue weighted by Gasteiger charge is -2.28. The number of amidine groups is 1. The van der Waals surface area contributed by atoms with Gasteiger partial charge >= 0.3 is 0 Å². The molecule has 0 aliphatic rings. The van der Waals surface area contributed by atoms with E-state index in [1.807, 2.05) is 25.3 Å². The van der Waals surface area contributed by atoms with Crippen molar-refractivity contribution in [2.45, 2.75) is 26.7 Å². The second kappa shape index (κ2) is 9.63. The van der Waals surface area contributed by atoms with Crippen LogP contribution in [0.3, 0.4) is 0 Å². The fourth-order valence-corrected chi connectivity index (χ4v) is 2.88. The lowest BCUT2D eigenvalue weighted by molar-refractivity contribution is 0.730. The molecule has 130 valence electrons. The Bertz CT molecular complexity index is 675. The Morgan fingerprint density at radius 2 is 1.56 bits per heavy atom. The van der Waals surface area contributed by atoms with Gasteiger partial charge in [0.05, 0.1) is 0 Å². The zero-order valence-electron chi connectivity index (χ0n) is 15.5. The molecule has 0 saturated heterocycles. The average molecular weight is 332 g/mol. The molecule has 25 heavy (non-hydrogen) atoms. The SMILES string of the molecule is C=C[C@@H](C)C/C(=C\CC)C(=NC)N(c1ccccc1)c1ccccc1. The van der Waals surface area contributed by atoms with Gasteiger partial charge < -0.3 is 0 Å². The molecule has 0 bridgehead atoms. The lowest BCUT2D eigenvalue weighted by atomic mass is 9.98. The molecule has 0 aromatic heterocycles. The van der Waals surface area contributed by atoms with Gasteiger partial charge in [0.15, 0.2) is 0 Å². The molecule has 0 N–H and O–H groups in total. The minimum absolute atomic E-state index is 0.406. The van der Waals surface area contributed by atoms with Gasteiger partial charge in [0, 0.05) is 18.4 Å². The van der Waals surface area contributed by atoms with Crippen LogP contribution in [0.15, 0.2) is 90.0 Å². The van der Waals surface area contributed by atoms with E-state index < -0.39 is 0 Å². The number of rotatable bonds is 7. The first kappa shape index (κ1) is 18.7. The second-order valence-corrected chi connectivity index (χ2v) is 6.11. The summed E-state index contributed by atoms with van der Waals surface area (Å²) in [6.07, 6.45) is 6.20. The maximum absolute atomic E-state index is 4.69. The first-order valence-corrected chi connectivity index (χ1v) is 8.90. The normalized spacial score (nSPS) is 13.4. The van der Waals surface area contributed by atoms with Gasteiger partial charge in [-0.1, -0.05) is 62.4 Å². The summed E-state index contributed by atoms with van der Waals surface area (Å²) in [5, 5.41) is 0. The minimum Gasteiger partial charge on any atom is -0.295 e. The standard InChI is InChI=1S/C23H28N2/c1-5-13-20(18-19(3)6-2)23(24-4)25(21-14-9-7-10-15-21)22-16-11-8-12-17-22/h6-17,19H,2,5,18H2,1,3-4H3/b20-13+,24-23?/t19-/m1/s1. The molecule has 0 radical (unpaired) electrons. The van der Waals surface area contributed by atoms with Crippen molar-refractivity contribution in [2.24, 2.45) is 10.9 Å². The molecule has 1 atom stereocenters. The van der Waals surface area contributed by atoms with E-state index in [9.17, 15) is 0 Å². The van der Waals surface area contributed by atoms with Crippen molar-refractivity contribution in [1.29, 1.82) is 0 Å². The summed E-state index contributed by atoms with van der Waals surface area (Å²) in [6, 6.07) is 20.8. The van der Waals surface area contributed by atoms with E-state index in [-0.39, 0.29) is 0 Å². The number of para-hydroxylation sites is 2. The number of hydrogen-bond donors (Lipinski definition) is 0. The fraction of sp³-hybridized carbons (Fsp3) is 0.261. The zero-order valence-corrected chi connectivity index (χ0v) is 15.5. The van der Waals surface area contributed by atoms with Gasteiger partial charge in [-0.2, -0.15) is 0 Å². The van der Waals surface area contributed by atoms with E-state index in [1.165, 1.54) is 5.57 Å². The minimum atomic E-state index is 0.406. The molecule has 2 rings (SSSR count). The van der Waals surface area contributed by atoms with Crippen LogP contribution in [0.4, 0.5) is 11.4 Å². The van der Waals surface area contributed by atoms with Crippen molar-refractivity contribution in [3.05, 3.63) is 85.0 Å². The highest BCUT2D eigenvalue weighted by molar-refractivity contribution is 6.14. The number of hydrogen-bond acceptors (Lipinski definition) is 1. The topological polar surface area (TPSA) is 15.6 Å². The number of allylic oxidation sites excluding steroid dienone is 2. The van der Waals surface area contributed by atoms with Gasteiger partial charge in [-0.3, -0.25) is 9.89 Å². The first-order chi connectivity index (χ1) is 12.2. The largest absolute Gasteiger partial charge is 0.295 e. The highest BCUT2D eigenvalue weighted by Gasteiger charge is 2.19. The van der Waals surface area contributed by atoms with Gasteiger partial charge in [-0.25, -0.2) is 0 Å². The van der Waals surface area contributed by atoms with Crippen LogP contribution in [-0.2, 0) is 0 Å². The van der Waals surface area contributed by atoms with Crippen LogP contribution in [0, 0.1) is 5.92 Å². The van der Waals surface area contributed by atoms with Crippen LogP contribution >= 0.6 is 0 Å². The molecule has 2 heteroatoms. The smallest absolute Gasteiger partial charge is 0.135 e. The fourth-order valence-electron chi connectivity index (χ4n) is 2.88. The molecule has 0 amide bonds. The maximum Gasteiger partial charge on any atom is 0.135 e. The Kier molecular flexibility index (Phi) is 7.21. The van der Waals surface area contributed by atoms with E-state index in [1.54, 1.807) is 0 Å². The quantitative estimate of drug-likeness (QED) is 0.325. The predicted octanol–water partition coefficient (Wildman–Crippen LogP) is 6.40. The van der Waals surface area contributed by atoms with Crippen LogP contribution < -0.4 is 4.90 Å². The number of anilines is 2. The maximum atomic E-state index is 4.69. The number of aliphatic imine (C=N–C) groups is 1. The first-order valence-electron chi connectivity index (χ1n) is 8.90. The van der Waals surface area contributed by atoms with Crippen molar-refractivity contribution < 1.29 is 0 Å². The van der Waals surface area contributed by atoms with Crippen molar-refractivity contribution in [1.82, 2.24) is 0 Å². The van der Waals surface area contributed by atoms with Crippen molar-refractivity contribution in [3.8, 4) is 0 Å². The Morgan fingerprint density at radius 3 is 1.96 bits per heavy atom. The summed E-state index contributed by atoms with van der Waals surface area (Å²) in [5.74, 6) is 1.40. The van der Waals surface area contributed by atoms with Crippen molar-refractivity contribution in [3.63, 3.8) is 0 Å². The van der Waals surface area contributed by atoms with E-state index in [4.69, 9.17) is 0 Å². The van der Waals surface area contributed by atoms with E-state index in [2.05, 4.69) is 84.9 Å². The van der Waals surface area contributed by atoms with Gasteiger partial charge in [0.2, 0.25) is 0 Å². The molecule has 0 heterocycles. The second-order valence-electron chi connectivity index (χ2n) is 6.11. The van der Waals surface area contributed by atoms with Crippen molar-refractivity contribution >= 4 is 17.2 Å². The van der Waals surface area contributed by atoms with Gasteiger partial charge in [-0.05, 0) is 48.6 Å². The lowest BCUT2D eigenvalue weighted by Crippen LogP contribution is -2.28. The van der Waals surface area contributed by atoms with Crippen LogP contribution in [0.5, 0.6) is 0 Å². The monoisotopic (exact) mass is 332 g/mol. The van der Waals surface area contributed by atoms with Gasteiger partial charge in [-0.15, -0.1) is 6.58 Å². The molecule has 0 spiro atoms. The summed E-state index contributed by atoms with van der Waals surface area (Å²) in [5.41, 5.74) is 3.48. The summed E-state index contributed by atoms with van der Waals surface area (Å²) in [6.45, 7) is 8.30. The summed E-state index contributed by atoms with van der Waals surface area (Å²) < 4.78 is 0. The molecule has 2 aromatic carbocycles. The number of nitrogens with zero attached hydrogens (tertiary/aromatic N) is 2. The highest BCUT2D eigenvalue weighted by Crippen LogP contribution is 2.29. The molecule has 0 saturated carbocycles. The Balaban J connectivity index is 2.53. The van der Waals surface area contributed by atoms with E-state index in [0.29, 0.717) is 5.92 Å². The molecule has 0 aliphatic carbocycles. The molecule has 0 unspecified atom stereocenters. The number of benzene rings is 2. The molecular formula is C23H28N2. The average Bonchev–Trinajstić information content (AvgIpc) is 2.67. The Morgan fingerprint density at radius 1 is 1.04 bits per heavy atom. The van der Waals surface area contributed by atoms with Crippen LogP contribution in [0.2, 0.25) is 0 Å². The molecular weight excluding hydrogens is 304 g/mol. The van der Waals surface area contributed by atoms with Crippen molar-refractivity contribution in [2.75, 3.05) is 11.9 Å². The van der Waals surface area contributed by atoms with E-state index in [0.717, 1.165) is 30.1 Å². The van der Waals surface area contributed by atoms with Crippen LogP contribution in [0.1, 0.15) is 26.7 Å².